The summed E-state index contributed by atoms with van der Waals surface area (Å²) in [6.45, 7) is 0. The summed E-state index contributed by atoms with van der Waals surface area (Å²) in [6.07, 6.45) is 3.53. The van der Waals surface area contributed by atoms with Crippen molar-refractivity contribution in [1.82, 2.24) is 15.3 Å². The van der Waals surface area contributed by atoms with Crippen molar-refractivity contribution < 1.29 is 0 Å². The molecule has 0 atom stereocenters. The summed E-state index contributed by atoms with van der Waals surface area (Å²) in [7, 11) is 1.79. The Bertz CT molecular complexity index is 784. The Hall–Kier alpha value is -2.51. The number of pyridine rings is 1. The monoisotopic (exact) mass is 341 g/mol. The SMILES string of the molecule is CNC(=S)Nc1ccc(Nc2nc(-c3ccncc3)cs2)cc1. The number of hydrogen-bond donors (Lipinski definition) is 3. The summed E-state index contributed by atoms with van der Waals surface area (Å²) in [6, 6.07) is 11.8. The van der Waals surface area contributed by atoms with Gasteiger partial charge in [-0.1, -0.05) is 0 Å². The van der Waals surface area contributed by atoms with Gasteiger partial charge in [0.2, 0.25) is 0 Å². The van der Waals surface area contributed by atoms with E-state index in [0.29, 0.717) is 5.11 Å². The first kappa shape index (κ1) is 15.4. The molecule has 0 saturated carbocycles. The van der Waals surface area contributed by atoms with Crippen molar-refractivity contribution in [3.05, 3.63) is 54.2 Å². The van der Waals surface area contributed by atoms with E-state index < -0.39 is 0 Å². The first-order chi connectivity index (χ1) is 11.2. The van der Waals surface area contributed by atoms with Crippen LogP contribution < -0.4 is 16.0 Å². The quantitative estimate of drug-likeness (QED) is 0.626. The second kappa shape index (κ2) is 7.17. The van der Waals surface area contributed by atoms with Crippen molar-refractivity contribution >= 4 is 45.2 Å². The largest absolute Gasteiger partial charge is 0.366 e. The molecule has 5 nitrogen and oxygen atoms in total. The highest BCUT2D eigenvalue weighted by atomic mass is 32.1. The Labute approximate surface area is 143 Å². The average molecular weight is 341 g/mol. The van der Waals surface area contributed by atoms with E-state index >= 15 is 0 Å². The third-order valence-electron chi connectivity index (χ3n) is 3.10. The third-order valence-corrected chi connectivity index (χ3v) is 4.17. The van der Waals surface area contributed by atoms with Crippen LogP contribution in [0.1, 0.15) is 0 Å². The lowest BCUT2D eigenvalue weighted by atomic mass is 10.2. The molecule has 2 aromatic heterocycles. The fraction of sp³-hybridized carbons (Fsp3) is 0.0625. The van der Waals surface area contributed by atoms with Gasteiger partial charge in [-0.15, -0.1) is 11.3 Å². The molecule has 0 radical (unpaired) electrons. The highest BCUT2D eigenvalue weighted by Crippen LogP contribution is 2.27. The first-order valence-corrected chi connectivity index (χ1v) is 8.25. The molecule has 0 spiro atoms. The van der Waals surface area contributed by atoms with E-state index in [0.717, 1.165) is 27.8 Å². The van der Waals surface area contributed by atoms with Crippen LogP contribution in [0.5, 0.6) is 0 Å². The Morgan fingerprint density at radius 3 is 2.43 bits per heavy atom. The van der Waals surface area contributed by atoms with Crippen molar-refractivity contribution in [1.29, 1.82) is 0 Å². The smallest absolute Gasteiger partial charge is 0.187 e. The van der Waals surface area contributed by atoms with Crippen LogP contribution in [0.3, 0.4) is 0 Å². The van der Waals surface area contributed by atoms with Crippen LogP contribution in [0.15, 0.2) is 54.2 Å². The van der Waals surface area contributed by atoms with Crippen LogP contribution >= 0.6 is 23.6 Å². The molecule has 2 heterocycles. The van der Waals surface area contributed by atoms with Gasteiger partial charge in [-0.3, -0.25) is 4.98 Å². The van der Waals surface area contributed by atoms with Crippen LogP contribution in [0.4, 0.5) is 16.5 Å². The van der Waals surface area contributed by atoms with E-state index in [1.165, 1.54) is 0 Å². The van der Waals surface area contributed by atoms with Gasteiger partial charge in [0.25, 0.3) is 0 Å². The van der Waals surface area contributed by atoms with E-state index in [4.69, 9.17) is 12.2 Å². The molecular weight excluding hydrogens is 326 g/mol. The topological polar surface area (TPSA) is 61.9 Å². The summed E-state index contributed by atoms with van der Waals surface area (Å²) in [5, 5.41) is 12.7. The van der Waals surface area contributed by atoms with Crippen LogP contribution in [-0.2, 0) is 0 Å². The summed E-state index contributed by atoms with van der Waals surface area (Å²) in [4.78, 5) is 8.61. The predicted molar refractivity (Wildman–Crippen MR) is 100 cm³/mol. The van der Waals surface area contributed by atoms with Crippen LogP contribution in [0, 0.1) is 0 Å². The van der Waals surface area contributed by atoms with Gasteiger partial charge in [-0.2, -0.15) is 0 Å². The van der Waals surface area contributed by atoms with Crippen molar-refractivity contribution in [3.63, 3.8) is 0 Å². The van der Waals surface area contributed by atoms with Crippen LogP contribution in [0.2, 0.25) is 0 Å². The zero-order valence-electron chi connectivity index (χ0n) is 12.4. The summed E-state index contributed by atoms with van der Waals surface area (Å²) in [5.74, 6) is 0. The van der Waals surface area contributed by atoms with Gasteiger partial charge in [0.15, 0.2) is 10.2 Å². The Morgan fingerprint density at radius 1 is 1.04 bits per heavy atom. The zero-order chi connectivity index (χ0) is 16.1. The number of nitrogens with one attached hydrogen (secondary N) is 3. The van der Waals surface area contributed by atoms with E-state index in [2.05, 4.69) is 25.9 Å². The molecule has 0 amide bonds. The molecule has 3 rings (SSSR count). The van der Waals surface area contributed by atoms with Crippen molar-refractivity contribution in [2.24, 2.45) is 0 Å². The summed E-state index contributed by atoms with van der Waals surface area (Å²) < 4.78 is 0. The van der Waals surface area contributed by atoms with Crippen molar-refractivity contribution in [2.45, 2.75) is 0 Å². The number of rotatable bonds is 4. The fourth-order valence-electron chi connectivity index (χ4n) is 1.94. The Balaban J connectivity index is 1.68. The average Bonchev–Trinajstić information content (AvgIpc) is 3.06. The minimum Gasteiger partial charge on any atom is -0.366 e. The first-order valence-electron chi connectivity index (χ1n) is 6.96. The maximum absolute atomic E-state index is 5.07. The number of hydrogen-bond acceptors (Lipinski definition) is 5. The Morgan fingerprint density at radius 2 is 1.74 bits per heavy atom. The number of thiazole rings is 1. The second-order valence-corrected chi connectivity index (χ2v) is 5.95. The lowest BCUT2D eigenvalue weighted by molar-refractivity contribution is 1.20. The maximum Gasteiger partial charge on any atom is 0.187 e. The van der Waals surface area contributed by atoms with Crippen LogP contribution in [-0.4, -0.2) is 22.1 Å². The highest BCUT2D eigenvalue weighted by molar-refractivity contribution is 7.80. The molecule has 116 valence electrons. The van der Waals surface area contributed by atoms with E-state index in [1.54, 1.807) is 30.8 Å². The van der Waals surface area contributed by atoms with Crippen molar-refractivity contribution in [3.8, 4) is 11.3 Å². The number of thiocarbonyl (C=S) groups is 1. The maximum atomic E-state index is 5.07. The molecule has 3 aromatic rings. The zero-order valence-corrected chi connectivity index (χ0v) is 14.0. The third kappa shape index (κ3) is 4.02. The number of aromatic nitrogens is 2. The lowest BCUT2D eigenvalue weighted by Crippen LogP contribution is -2.23. The molecule has 0 fully saturated rings. The fourth-order valence-corrected chi connectivity index (χ4v) is 2.80. The van der Waals surface area contributed by atoms with Crippen LogP contribution in [0.25, 0.3) is 11.3 Å². The van der Waals surface area contributed by atoms with E-state index in [9.17, 15) is 0 Å². The molecule has 0 aliphatic rings. The van der Waals surface area contributed by atoms with Gasteiger partial charge in [0.1, 0.15) is 0 Å². The lowest BCUT2D eigenvalue weighted by Gasteiger charge is -2.08. The number of anilines is 3. The summed E-state index contributed by atoms with van der Waals surface area (Å²) >= 11 is 6.64. The number of nitrogens with zero attached hydrogens (tertiary/aromatic N) is 2. The van der Waals surface area contributed by atoms with Gasteiger partial charge in [0, 0.05) is 41.8 Å². The molecule has 7 heteroatoms. The van der Waals surface area contributed by atoms with Gasteiger partial charge < -0.3 is 16.0 Å². The van der Waals surface area contributed by atoms with E-state index in [-0.39, 0.29) is 0 Å². The molecule has 0 aliphatic heterocycles. The predicted octanol–water partition coefficient (Wildman–Crippen LogP) is 3.86. The minimum absolute atomic E-state index is 0.590. The van der Waals surface area contributed by atoms with E-state index in [1.807, 2.05) is 41.8 Å². The molecule has 1 aromatic carbocycles. The molecule has 0 unspecified atom stereocenters. The normalized spacial score (nSPS) is 10.1. The van der Waals surface area contributed by atoms with Gasteiger partial charge in [-0.25, -0.2) is 4.98 Å². The highest BCUT2D eigenvalue weighted by Gasteiger charge is 2.05. The molecule has 3 N–H and O–H groups in total. The molecule has 23 heavy (non-hydrogen) atoms. The number of benzene rings is 1. The second-order valence-electron chi connectivity index (χ2n) is 4.68. The molecule has 0 bridgehead atoms. The molecule has 0 aliphatic carbocycles. The molecule has 0 saturated heterocycles. The molecular formula is C16H15N5S2. The van der Waals surface area contributed by atoms with Gasteiger partial charge >= 0.3 is 0 Å². The van der Waals surface area contributed by atoms with Gasteiger partial charge in [0.05, 0.1) is 5.69 Å². The summed E-state index contributed by atoms with van der Waals surface area (Å²) in [5.41, 5.74) is 3.91. The Kier molecular flexibility index (Phi) is 4.80. The van der Waals surface area contributed by atoms with Crippen molar-refractivity contribution in [2.75, 3.05) is 17.7 Å². The minimum atomic E-state index is 0.590. The van der Waals surface area contributed by atoms with Gasteiger partial charge in [-0.05, 0) is 48.6 Å². The standard InChI is InChI=1S/C16H15N5S2/c1-17-15(22)19-12-2-4-13(5-3-12)20-16-21-14(10-23-16)11-6-8-18-9-7-11/h2-10H,1H3,(H,20,21)(H2,17,19,22).